The molecule has 25 heavy (non-hydrogen) atoms. The van der Waals surface area contributed by atoms with Gasteiger partial charge in [0.2, 0.25) is 5.91 Å². The van der Waals surface area contributed by atoms with Gasteiger partial charge in [0.15, 0.2) is 0 Å². The van der Waals surface area contributed by atoms with Crippen LogP contribution in [0.5, 0.6) is 0 Å². The number of hydrogen-bond acceptors (Lipinski definition) is 4. The molecular weight excluding hydrogens is 316 g/mol. The first kappa shape index (κ1) is 18.4. The summed E-state index contributed by atoms with van der Waals surface area (Å²) < 4.78 is 5.85. The average molecular weight is 346 g/mol. The number of morpholine rings is 1. The third-order valence-electron chi connectivity index (χ3n) is 5.50. The van der Waals surface area contributed by atoms with Crippen LogP contribution in [0, 0.1) is 5.92 Å². The van der Waals surface area contributed by atoms with Gasteiger partial charge in [-0.1, -0.05) is 37.3 Å². The van der Waals surface area contributed by atoms with E-state index in [4.69, 9.17) is 4.74 Å². The lowest BCUT2D eigenvalue weighted by atomic mass is 9.91. The fourth-order valence-corrected chi connectivity index (χ4v) is 4.04. The number of carbonyl (C=O) groups is 1. The van der Waals surface area contributed by atoms with Crippen LogP contribution < -0.4 is 0 Å². The predicted molar refractivity (Wildman–Crippen MR) is 97.1 cm³/mol. The second kappa shape index (κ2) is 8.79. The van der Waals surface area contributed by atoms with Crippen LogP contribution in [0.2, 0.25) is 0 Å². The maximum Gasteiger partial charge on any atom is 0.225 e. The second-order valence-electron chi connectivity index (χ2n) is 7.37. The highest BCUT2D eigenvalue weighted by Gasteiger charge is 2.33. The largest absolute Gasteiger partial charge is 0.394 e. The van der Waals surface area contributed by atoms with Crippen molar-refractivity contribution in [2.45, 2.75) is 44.9 Å². The van der Waals surface area contributed by atoms with Crippen molar-refractivity contribution in [3.8, 4) is 0 Å². The van der Waals surface area contributed by atoms with Gasteiger partial charge in [0.25, 0.3) is 0 Å². The van der Waals surface area contributed by atoms with E-state index in [1.165, 1.54) is 5.56 Å². The molecule has 2 heterocycles. The molecule has 0 bridgehead atoms. The van der Waals surface area contributed by atoms with Crippen LogP contribution in [0.15, 0.2) is 30.3 Å². The second-order valence-corrected chi connectivity index (χ2v) is 7.37. The summed E-state index contributed by atoms with van der Waals surface area (Å²) in [6.07, 6.45) is 2.46. The Balaban J connectivity index is 1.54. The minimum absolute atomic E-state index is 0.0368. The van der Waals surface area contributed by atoms with E-state index in [-0.39, 0.29) is 24.7 Å². The Morgan fingerprint density at radius 2 is 2.08 bits per heavy atom. The third kappa shape index (κ3) is 4.81. The van der Waals surface area contributed by atoms with Crippen LogP contribution in [0.25, 0.3) is 0 Å². The Labute approximate surface area is 150 Å². The van der Waals surface area contributed by atoms with Crippen molar-refractivity contribution in [3.05, 3.63) is 35.9 Å². The van der Waals surface area contributed by atoms with Crippen molar-refractivity contribution in [2.24, 2.45) is 5.92 Å². The van der Waals surface area contributed by atoms with Gasteiger partial charge in [-0.05, 0) is 24.3 Å². The minimum Gasteiger partial charge on any atom is -0.394 e. The molecule has 0 radical (unpaired) electrons. The van der Waals surface area contributed by atoms with Gasteiger partial charge in [-0.25, -0.2) is 0 Å². The Morgan fingerprint density at radius 3 is 2.84 bits per heavy atom. The van der Waals surface area contributed by atoms with Crippen LogP contribution in [0.4, 0.5) is 0 Å². The Kier molecular flexibility index (Phi) is 6.45. The third-order valence-corrected chi connectivity index (χ3v) is 5.50. The van der Waals surface area contributed by atoms with Gasteiger partial charge in [0, 0.05) is 26.2 Å². The molecule has 3 atom stereocenters. The Morgan fingerprint density at radius 1 is 1.28 bits per heavy atom. The van der Waals surface area contributed by atoms with Crippen LogP contribution in [-0.2, 0) is 16.1 Å². The Bertz CT molecular complexity index is 551. The summed E-state index contributed by atoms with van der Waals surface area (Å²) in [7, 11) is 0. The zero-order valence-electron chi connectivity index (χ0n) is 15.1. The predicted octanol–water partition coefficient (Wildman–Crippen LogP) is 1.90. The molecule has 0 saturated carbocycles. The number of aliphatic hydroxyl groups is 1. The molecule has 2 fully saturated rings. The van der Waals surface area contributed by atoms with E-state index in [9.17, 15) is 9.90 Å². The van der Waals surface area contributed by atoms with Crippen LogP contribution >= 0.6 is 0 Å². The van der Waals surface area contributed by atoms with E-state index < -0.39 is 0 Å². The number of benzene rings is 1. The lowest BCUT2D eigenvalue weighted by Gasteiger charge is -2.40. The molecule has 3 rings (SSSR count). The summed E-state index contributed by atoms with van der Waals surface area (Å²) in [5.74, 6) is 0.488. The zero-order valence-corrected chi connectivity index (χ0v) is 15.1. The highest BCUT2D eigenvalue weighted by Crippen LogP contribution is 2.24. The fraction of sp³-hybridized carbons (Fsp3) is 0.650. The van der Waals surface area contributed by atoms with Crippen molar-refractivity contribution in [3.63, 3.8) is 0 Å². The number of ether oxygens (including phenoxy) is 1. The molecule has 2 saturated heterocycles. The number of carbonyl (C=O) groups excluding carboxylic acids is 1. The van der Waals surface area contributed by atoms with Gasteiger partial charge in [-0.2, -0.15) is 0 Å². The van der Waals surface area contributed by atoms with E-state index >= 15 is 0 Å². The number of hydrogen-bond donors (Lipinski definition) is 1. The molecule has 0 aromatic heterocycles. The standard InChI is InChI=1S/C20H30N2O3/c1-16-6-5-9-22(19(16)15-23)20(24)12-18-14-21(10-11-25-18)13-17-7-3-2-4-8-17/h2-4,7-8,16,18-19,23H,5-6,9-15H2,1H3. The van der Waals surface area contributed by atoms with E-state index in [1.54, 1.807) is 0 Å². The van der Waals surface area contributed by atoms with E-state index in [0.717, 1.165) is 39.0 Å². The van der Waals surface area contributed by atoms with Crippen LogP contribution in [-0.4, -0.2) is 65.8 Å². The molecule has 0 aliphatic carbocycles. The number of amides is 1. The quantitative estimate of drug-likeness (QED) is 0.885. The van der Waals surface area contributed by atoms with Gasteiger partial charge in [0.05, 0.1) is 31.8 Å². The summed E-state index contributed by atoms with van der Waals surface area (Å²) in [6.45, 7) is 6.19. The van der Waals surface area contributed by atoms with Crippen LogP contribution in [0.1, 0.15) is 31.7 Å². The first-order valence-electron chi connectivity index (χ1n) is 9.45. The number of piperidine rings is 1. The topological polar surface area (TPSA) is 53.0 Å². The van der Waals surface area contributed by atoms with Gasteiger partial charge in [0.1, 0.15) is 0 Å². The molecule has 5 nitrogen and oxygen atoms in total. The molecule has 1 amide bonds. The summed E-state index contributed by atoms with van der Waals surface area (Å²) >= 11 is 0. The van der Waals surface area contributed by atoms with E-state index in [0.29, 0.717) is 18.9 Å². The monoisotopic (exact) mass is 346 g/mol. The number of rotatable bonds is 5. The minimum atomic E-state index is -0.0541. The fourth-order valence-electron chi connectivity index (χ4n) is 4.04. The summed E-state index contributed by atoms with van der Waals surface area (Å²) in [4.78, 5) is 17.0. The average Bonchev–Trinajstić information content (AvgIpc) is 2.62. The Hall–Kier alpha value is -1.43. The van der Waals surface area contributed by atoms with Gasteiger partial charge in [-0.15, -0.1) is 0 Å². The number of likely N-dealkylation sites (tertiary alicyclic amines) is 1. The van der Waals surface area contributed by atoms with Crippen molar-refractivity contribution < 1.29 is 14.6 Å². The summed E-state index contributed by atoms with van der Waals surface area (Å²) in [5, 5.41) is 9.66. The van der Waals surface area contributed by atoms with Crippen molar-refractivity contribution in [1.29, 1.82) is 0 Å². The molecule has 2 aliphatic rings. The lowest BCUT2D eigenvalue weighted by Crippen LogP contribution is -2.51. The molecule has 3 unspecified atom stereocenters. The van der Waals surface area contributed by atoms with Gasteiger partial charge in [-0.3, -0.25) is 9.69 Å². The normalized spacial score (nSPS) is 28.1. The van der Waals surface area contributed by atoms with E-state index in [1.807, 2.05) is 11.0 Å². The molecule has 138 valence electrons. The van der Waals surface area contributed by atoms with Crippen LogP contribution in [0.3, 0.4) is 0 Å². The van der Waals surface area contributed by atoms with E-state index in [2.05, 4.69) is 36.1 Å². The smallest absolute Gasteiger partial charge is 0.225 e. The van der Waals surface area contributed by atoms with Gasteiger partial charge < -0.3 is 14.7 Å². The van der Waals surface area contributed by atoms with Crippen molar-refractivity contribution in [2.75, 3.05) is 32.8 Å². The first-order valence-corrected chi connectivity index (χ1v) is 9.45. The molecule has 5 heteroatoms. The summed E-state index contributed by atoms with van der Waals surface area (Å²) in [5.41, 5.74) is 1.29. The number of aliphatic hydroxyl groups excluding tert-OH is 1. The van der Waals surface area contributed by atoms with Crippen molar-refractivity contribution >= 4 is 5.91 Å². The first-order chi connectivity index (χ1) is 12.2. The molecule has 1 aromatic carbocycles. The highest BCUT2D eigenvalue weighted by molar-refractivity contribution is 5.77. The highest BCUT2D eigenvalue weighted by atomic mass is 16.5. The number of nitrogens with zero attached hydrogens (tertiary/aromatic N) is 2. The lowest BCUT2D eigenvalue weighted by molar-refractivity contribution is -0.142. The van der Waals surface area contributed by atoms with Crippen molar-refractivity contribution in [1.82, 2.24) is 9.80 Å². The molecule has 2 aliphatic heterocycles. The molecule has 1 aromatic rings. The maximum atomic E-state index is 12.8. The SMILES string of the molecule is CC1CCCN(C(=O)CC2CN(Cc3ccccc3)CCO2)C1CO. The molecular formula is C20H30N2O3. The maximum absolute atomic E-state index is 12.8. The zero-order chi connectivity index (χ0) is 17.6. The molecule has 1 N–H and O–H groups in total. The summed E-state index contributed by atoms with van der Waals surface area (Å²) in [6, 6.07) is 10.4. The molecule has 0 spiro atoms. The van der Waals surface area contributed by atoms with Gasteiger partial charge >= 0.3 is 0 Å².